The molecule has 0 atom stereocenters. The molecule has 3 aromatic rings. The average Bonchev–Trinajstić information content (AvgIpc) is 3.27. The number of thiazole rings is 1. The lowest BCUT2D eigenvalue weighted by Gasteiger charge is -2.10. The van der Waals surface area contributed by atoms with Gasteiger partial charge in [-0.05, 0) is 48.5 Å². The molecule has 0 radical (unpaired) electrons. The summed E-state index contributed by atoms with van der Waals surface area (Å²) in [6.07, 6.45) is 1.84. The SMILES string of the molecule is Cc1csc(/N=C2/S/C(=C\c3ccccc3OCc3ccc(Cl)cc3)C(=O)N2C)n1. The molecule has 5 nitrogen and oxygen atoms in total. The summed E-state index contributed by atoms with van der Waals surface area (Å²) < 4.78 is 6.00. The Morgan fingerprint density at radius 1 is 1.20 bits per heavy atom. The number of ether oxygens (including phenoxy) is 1. The maximum Gasteiger partial charge on any atom is 0.266 e. The average molecular weight is 456 g/mol. The number of benzene rings is 2. The molecule has 2 heterocycles. The minimum Gasteiger partial charge on any atom is -0.488 e. The minimum atomic E-state index is -0.0977. The highest BCUT2D eigenvalue weighted by molar-refractivity contribution is 8.18. The first kappa shape index (κ1) is 20.7. The van der Waals surface area contributed by atoms with Crippen molar-refractivity contribution < 1.29 is 9.53 Å². The molecule has 30 heavy (non-hydrogen) atoms. The van der Waals surface area contributed by atoms with Crippen LogP contribution in [0.4, 0.5) is 5.13 Å². The van der Waals surface area contributed by atoms with E-state index in [4.69, 9.17) is 16.3 Å². The molecule has 1 amide bonds. The van der Waals surface area contributed by atoms with Crippen molar-refractivity contribution in [1.29, 1.82) is 0 Å². The van der Waals surface area contributed by atoms with Crippen LogP contribution in [-0.2, 0) is 11.4 Å². The standard InChI is InChI=1S/C22H18ClN3O2S2/c1-14-13-29-21(24-14)25-22-26(2)20(27)19(30-22)11-16-5-3-4-6-18(16)28-12-15-7-9-17(23)10-8-15/h3-11,13H,12H2,1-2H3/b19-11-,25-22+. The molecule has 2 aromatic carbocycles. The number of amides is 1. The van der Waals surface area contributed by atoms with Crippen molar-refractivity contribution in [2.45, 2.75) is 13.5 Å². The fourth-order valence-corrected chi connectivity index (χ4v) is 4.55. The second kappa shape index (κ2) is 9.04. The van der Waals surface area contributed by atoms with Gasteiger partial charge in [-0.3, -0.25) is 9.69 Å². The maximum atomic E-state index is 12.7. The Balaban J connectivity index is 1.55. The Morgan fingerprint density at radius 2 is 1.97 bits per heavy atom. The maximum absolute atomic E-state index is 12.7. The van der Waals surface area contributed by atoms with E-state index in [1.807, 2.05) is 66.9 Å². The van der Waals surface area contributed by atoms with Gasteiger partial charge in [0.1, 0.15) is 12.4 Å². The Labute approximate surface area is 188 Å². The van der Waals surface area contributed by atoms with Crippen LogP contribution in [0, 0.1) is 6.92 Å². The normalized spacial score (nSPS) is 16.6. The van der Waals surface area contributed by atoms with E-state index in [-0.39, 0.29) is 5.91 Å². The number of halogens is 1. The number of aliphatic imine (C=N–C) groups is 1. The van der Waals surface area contributed by atoms with Crippen molar-refractivity contribution in [3.05, 3.63) is 80.7 Å². The molecule has 1 fully saturated rings. The van der Waals surface area contributed by atoms with Gasteiger partial charge >= 0.3 is 0 Å². The molecule has 1 saturated heterocycles. The van der Waals surface area contributed by atoms with Gasteiger partial charge in [-0.15, -0.1) is 11.3 Å². The molecule has 0 aliphatic carbocycles. The van der Waals surface area contributed by atoms with E-state index in [2.05, 4.69) is 9.98 Å². The Morgan fingerprint density at radius 3 is 2.70 bits per heavy atom. The summed E-state index contributed by atoms with van der Waals surface area (Å²) in [5, 5.41) is 3.88. The highest BCUT2D eigenvalue weighted by Crippen LogP contribution is 2.35. The van der Waals surface area contributed by atoms with Crippen LogP contribution in [-0.4, -0.2) is 28.0 Å². The number of rotatable bonds is 5. The number of carbonyl (C=O) groups is 1. The predicted octanol–water partition coefficient (Wildman–Crippen LogP) is 5.92. The number of amidine groups is 1. The molecule has 1 aliphatic heterocycles. The Kier molecular flexibility index (Phi) is 6.22. The van der Waals surface area contributed by atoms with Gasteiger partial charge in [-0.1, -0.05) is 41.9 Å². The van der Waals surface area contributed by atoms with Crippen LogP contribution in [0.5, 0.6) is 5.75 Å². The summed E-state index contributed by atoms with van der Waals surface area (Å²) in [6.45, 7) is 2.33. The quantitative estimate of drug-likeness (QED) is 0.448. The first-order valence-corrected chi connectivity index (χ1v) is 11.2. The largest absolute Gasteiger partial charge is 0.488 e. The third-order valence-electron chi connectivity index (χ3n) is 4.31. The number of nitrogens with zero attached hydrogens (tertiary/aromatic N) is 3. The molecule has 0 bridgehead atoms. The fourth-order valence-electron chi connectivity index (χ4n) is 2.74. The number of thioether (sulfide) groups is 1. The lowest BCUT2D eigenvalue weighted by molar-refractivity contribution is -0.121. The summed E-state index contributed by atoms with van der Waals surface area (Å²) in [5.74, 6) is 0.608. The third-order valence-corrected chi connectivity index (χ3v) is 6.48. The fraction of sp³-hybridized carbons (Fsp3) is 0.136. The summed E-state index contributed by atoms with van der Waals surface area (Å²) in [7, 11) is 1.72. The van der Waals surface area contributed by atoms with Crippen molar-refractivity contribution in [3.63, 3.8) is 0 Å². The summed E-state index contributed by atoms with van der Waals surface area (Å²) in [5.41, 5.74) is 2.77. The van der Waals surface area contributed by atoms with Crippen molar-refractivity contribution in [1.82, 2.24) is 9.88 Å². The number of carbonyl (C=O) groups excluding carboxylic acids is 1. The zero-order valence-electron chi connectivity index (χ0n) is 16.3. The van der Waals surface area contributed by atoms with Crippen molar-refractivity contribution >= 4 is 57.0 Å². The highest BCUT2D eigenvalue weighted by Gasteiger charge is 2.30. The van der Waals surface area contributed by atoms with E-state index in [0.717, 1.165) is 16.8 Å². The summed E-state index contributed by atoms with van der Waals surface area (Å²) >= 11 is 8.73. The smallest absolute Gasteiger partial charge is 0.266 e. The van der Waals surface area contributed by atoms with Gasteiger partial charge < -0.3 is 4.74 Å². The zero-order chi connectivity index (χ0) is 21.1. The molecule has 0 N–H and O–H groups in total. The molecule has 152 valence electrons. The van der Waals surface area contributed by atoms with Crippen LogP contribution in [0.3, 0.4) is 0 Å². The Hall–Kier alpha value is -2.61. The molecular formula is C22H18ClN3O2S2. The van der Waals surface area contributed by atoms with Gasteiger partial charge in [0.25, 0.3) is 5.91 Å². The van der Waals surface area contributed by atoms with E-state index in [9.17, 15) is 4.79 Å². The third kappa shape index (κ3) is 4.75. The van der Waals surface area contributed by atoms with Crippen LogP contribution in [0.2, 0.25) is 5.02 Å². The van der Waals surface area contributed by atoms with Crippen LogP contribution in [0.1, 0.15) is 16.8 Å². The number of aryl methyl sites for hydroxylation is 1. The first-order valence-electron chi connectivity index (χ1n) is 9.14. The molecular weight excluding hydrogens is 438 g/mol. The molecule has 0 saturated carbocycles. The van der Waals surface area contributed by atoms with Crippen molar-refractivity contribution in [2.24, 2.45) is 4.99 Å². The number of aromatic nitrogens is 1. The second-order valence-electron chi connectivity index (χ2n) is 6.59. The monoisotopic (exact) mass is 455 g/mol. The molecule has 0 spiro atoms. The van der Waals surface area contributed by atoms with Gasteiger partial charge in [0.05, 0.1) is 10.6 Å². The van der Waals surface area contributed by atoms with E-state index in [1.54, 1.807) is 11.9 Å². The van der Waals surface area contributed by atoms with E-state index < -0.39 is 0 Å². The van der Waals surface area contributed by atoms with Crippen molar-refractivity contribution in [2.75, 3.05) is 7.05 Å². The highest BCUT2D eigenvalue weighted by atomic mass is 35.5. The molecule has 1 aromatic heterocycles. The van der Waals surface area contributed by atoms with Crippen LogP contribution in [0.25, 0.3) is 6.08 Å². The van der Waals surface area contributed by atoms with Gasteiger partial charge in [-0.25, -0.2) is 4.98 Å². The lowest BCUT2D eigenvalue weighted by atomic mass is 10.2. The van der Waals surface area contributed by atoms with Gasteiger partial charge in [-0.2, -0.15) is 4.99 Å². The van der Waals surface area contributed by atoms with Crippen LogP contribution >= 0.6 is 34.7 Å². The number of hydrogen-bond acceptors (Lipinski definition) is 6. The zero-order valence-corrected chi connectivity index (χ0v) is 18.7. The number of likely N-dealkylation sites (N-methyl/N-ethyl adjacent to an activating group) is 1. The van der Waals surface area contributed by atoms with Crippen LogP contribution < -0.4 is 4.74 Å². The topological polar surface area (TPSA) is 54.8 Å². The van der Waals surface area contributed by atoms with E-state index in [1.165, 1.54) is 23.1 Å². The number of hydrogen-bond donors (Lipinski definition) is 0. The second-order valence-corrected chi connectivity index (χ2v) is 8.88. The van der Waals surface area contributed by atoms with Gasteiger partial charge in [0.15, 0.2) is 5.17 Å². The van der Waals surface area contributed by atoms with Crippen LogP contribution in [0.15, 0.2) is 63.8 Å². The summed E-state index contributed by atoms with van der Waals surface area (Å²) in [6, 6.07) is 15.2. The van der Waals surface area contributed by atoms with E-state index in [0.29, 0.717) is 32.6 Å². The van der Waals surface area contributed by atoms with Gasteiger partial charge in [0.2, 0.25) is 5.13 Å². The molecule has 1 aliphatic rings. The first-order chi connectivity index (χ1) is 14.5. The summed E-state index contributed by atoms with van der Waals surface area (Å²) in [4.78, 5) is 23.7. The lowest BCUT2D eigenvalue weighted by Crippen LogP contribution is -2.23. The predicted molar refractivity (Wildman–Crippen MR) is 125 cm³/mol. The molecule has 0 unspecified atom stereocenters. The Bertz CT molecular complexity index is 1140. The number of para-hydroxylation sites is 1. The molecule has 4 rings (SSSR count). The van der Waals surface area contributed by atoms with E-state index >= 15 is 0 Å². The van der Waals surface area contributed by atoms with Gasteiger partial charge in [0, 0.05) is 23.0 Å². The molecule has 8 heteroatoms. The van der Waals surface area contributed by atoms with Crippen molar-refractivity contribution in [3.8, 4) is 5.75 Å². The minimum absolute atomic E-state index is 0.0977.